The fraction of sp³-hybridized carbons (Fsp3) is 0.429. The monoisotopic (exact) mass is 427 g/mol. The van der Waals surface area contributed by atoms with E-state index in [2.05, 4.69) is 36.9 Å². The number of hydrogen-bond acceptors (Lipinski definition) is 4. The molecule has 0 radical (unpaired) electrons. The number of hydrogen-bond donors (Lipinski definition) is 1. The summed E-state index contributed by atoms with van der Waals surface area (Å²) in [6.07, 6.45) is 5.78. The van der Waals surface area contributed by atoms with Crippen LogP contribution in [0.4, 0.5) is 0 Å². The van der Waals surface area contributed by atoms with Crippen LogP contribution in [0.5, 0.6) is 5.75 Å². The van der Waals surface area contributed by atoms with Crippen LogP contribution >= 0.6 is 23.2 Å². The topological polar surface area (TPSA) is 64.6 Å². The molecule has 5 nitrogen and oxygen atoms in total. The lowest BCUT2D eigenvalue weighted by atomic mass is 9.98. The smallest absolute Gasteiger partial charge is 0.332 e. The van der Waals surface area contributed by atoms with Gasteiger partial charge in [-0.3, -0.25) is 4.79 Å². The summed E-state index contributed by atoms with van der Waals surface area (Å²) in [7, 11) is 1.28. The molecule has 0 saturated heterocycles. The Kier molecular flexibility index (Phi) is 10.7. The standard InChI is InChI=1S/C21H27Cl2NO4/c1-14(2)6-5-7-15(3)12-17(13-19(25)27-4)24-21(26)20(23)28-18-10-8-16(22)9-11-18/h6,8-11,13,15,20H,5,7,12H2,1-4H3,(H,24,26). The van der Waals surface area contributed by atoms with Gasteiger partial charge in [0.05, 0.1) is 7.11 Å². The number of alkyl halides is 1. The van der Waals surface area contributed by atoms with Crippen LogP contribution in [0.1, 0.15) is 40.0 Å². The highest BCUT2D eigenvalue weighted by molar-refractivity contribution is 6.30. The van der Waals surface area contributed by atoms with E-state index in [1.165, 1.54) is 18.8 Å². The minimum absolute atomic E-state index is 0.248. The van der Waals surface area contributed by atoms with Gasteiger partial charge >= 0.3 is 5.97 Å². The third kappa shape index (κ3) is 9.81. The van der Waals surface area contributed by atoms with Crippen molar-refractivity contribution in [3.05, 3.63) is 52.7 Å². The van der Waals surface area contributed by atoms with Crippen molar-refractivity contribution in [1.82, 2.24) is 5.32 Å². The van der Waals surface area contributed by atoms with Crippen molar-refractivity contribution in [3.63, 3.8) is 0 Å². The minimum atomic E-state index is -1.26. The summed E-state index contributed by atoms with van der Waals surface area (Å²) in [6, 6.07) is 6.49. The molecular formula is C21H27Cl2NO4. The number of rotatable bonds is 10. The molecule has 0 aliphatic carbocycles. The molecule has 0 aliphatic rings. The van der Waals surface area contributed by atoms with E-state index < -0.39 is 17.4 Å². The number of amides is 1. The largest absolute Gasteiger partial charge is 0.466 e. The first-order valence-electron chi connectivity index (χ1n) is 9.00. The lowest BCUT2D eigenvalue weighted by Gasteiger charge is -2.17. The molecule has 0 spiro atoms. The Bertz CT molecular complexity index is 710. The van der Waals surface area contributed by atoms with E-state index in [0.29, 0.717) is 22.9 Å². The Morgan fingerprint density at radius 1 is 1.21 bits per heavy atom. The van der Waals surface area contributed by atoms with Crippen LogP contribution in [0, 0.1) is 5.92 Å². The number of halogens is 2. The highest BCUT2D eigenvalue weighted by Crippen LogP contribution is 2.19. The normalized spacial score (nSPS) is 13.3. The summed E-state index contributed by atoms with van der Waals surface area (Å²) in [5, 5.41) is 3.22. The van der Waals surface area contributed by atoms with E-state index in [1.54, 1.807) is 24.3 Å². The Hall–Kier alpha value is -1.98. The van der Waals surface area contributed by atoms with Crippen LogP contribution < -0.4 is 10.1 Å². The molecule has 0 heterocycles. The molecule has 0 aliphatic heterocycles. The number of carbonyl (C=O) groups excluding carboxylic acids is 2. The summed E-state index contributed by atoms with van der Waals surface area (Å²) in [5.41, 5.74) is 0.435. The fourth-order valence-corrected chi connectivity index (χ4v) is 2.67. The molecule has 2 atom stereocenters. The fourth-order valence-electron chi connectivity index (χ4n) is 2.38. The second-order valence-electron chi connectivity index (χ2n) is 6.74. The highest BCUT2D eigenvalue weighted by atomic mass is 35.5. The number of carbonyl (C=O) groups is 2. The molecule has 0 saturated carbocycles. The first-order valence-corrected chi connectivity index (χ1v) is 9.81. The van der Waals surface area contributed by atoms with E-state index in [4.69, 9.17) is 27.9 Å². The van der Waals surface area contributed by atoms with E-state index in [1.807, 2.05) is 0 Å². The summed E-state index contributed by atoms with van der Waals surface area (Å²) in [5.74, 6) is -0.453. The molecule has 0 bridgehead atoms. The van der Waals surface area contributed by atoms with Crippen LogP contribution in [0.3, 0.4) is 0 Å². The quantitative estimate of drug-likeness (QED) is 0.240. The average molecular weight is 428 g/mol. The highest BCUT2D eigenvalue weighted by Gasteiger charge is 2.20. The van der Waals surface area contributed by atoms with E-state index in [0.717, 1.165) is 12.8 Å². The van der Waals surface area contributed by atoms with Gasteiger partial charge in [-0.15, -0.1) is 0 Å². The Morgan fingerprint density at radius 2 is 1.86 bits per heavy atom. The van der Waals surface area contributed by atoms with E-state index in [9.17, 15) is 9.59 Å². The Balaban J connectivity index is 2.72. The molecule has 28 heavy (non-hydrogen) atoms. The van der Waals surface area contributed by atoms with Gasteiger partial charge in [-0.2, -0.15) is 0 Å². The average Bonchev–Trinajstić information content (AvgIpc) is 2.62. The lowest BCUT2D eigenvalue weighted by molar-refractivity contribution is -0.134. The Labute approximate surface area is 176 Å². The number of allylic oxidation sites excluding steroid dienone is 3. The molecule has 1 amide bonds. The van der Waals surface area contributed by atoms with Gasteiger partial charge in [-0.1, -0.05) is 41.8 Å². The summed E-state index contributed by atoms with van der Waals surface area (Å²) in [4.78, 5) is 24.0. The maximum Gasteiger partial charge on any atom is 0.332 e. The third-order valence-corrected chi connectivity index (χ3v) is 4.36. The molecule has 7 heteroatoms. The molecule has 1 aromatic rings. The van der Waals surface area contributed by atoms with Gasteiger partial charge in [0.2, 0.25) is 0 Å². The number of ether oxygens (including phenoxy) is 2. The van der Waals surface area contributed by atoms with Crippen molar-refractivity contribution in [2.75, 3.05) is 7.11 Å². The van der Waals surface area contributed by atoms with Crippen molar-refractivity contribution in [1.29, 1.82) is 0 Å². The van der Waals surface area contributed by atoms with Crippen molar-refractivity contribution < 1.29 is 19.1 Å². The van der Waals surface area contributed by atoms with E-state index >= 15 is 0 Å². The van der Waals surface area contributed by atoms with Crippen molar-refractivity contribution in [2.24, 2.45) is 5.92 Å². The van der Waals surface area contributed by atoms with Gasteiger partial charge in [-0.05, 0) is 63.3 Å². The SMILES string of the molecule is COC(=O)C=C(CC(C)CCC=C(C)C)NC(=O)C(Cl)Oc1ccc(Cl)cc1. The lowest BCUT2D eigenvalue weighted by Crippen LogP contribution is -2.35. The molecule has 1 N–H and O–H groups in total. The molecular weight excluding hydrogens is 401 g/mol. The predicted octanol–water partition coefficient (Wildman–Crippen LogP) is 5.23. The number of nitrogens with one attached hydrogen (secondary N) is 1. The van der Waals surface area contributed by atoms with Gasteiger partial charge in [0.25, 0.3) is 11.5 Å². The molecule has 0 aromatic heterocycles. The number of methoxy groups -OCH3 is 1. The zero-order chi connectivity index (χ0) is 21.1. The van der Waals surface area contributed by atoms with Crippen molar-refractivity contribution in [2.45, 2.75) is 45.6 Å². The first-order chi connectivity index (χ1) is 13.2. The Morgan fingerprint density at radius 3 is 2.43 bits per heavy atom. The van der Waals surface area contributed by atoms with Gasteiger partial charge in [0.15, 0.2) is 0 Å². The first kappa shape index (κ1) is 24.1. The van der Waals surface area contributed by atoms with Gasteiger partial charge in [-0.25, -0.2) is 4.79 Å². The summed E-state index contributed by atoms with van der Waals surface area (Å²) < 4.78 is 10.1. The molecule has 154 valence electrons. The molecule has 2 unspecified atom stereocenters. The van der Waals surface area contributed by atoms with Crippen LogP contribution in [-0.2, 0) is 14.3 Å². The minimum Gasteiger partial charge on any atom is -0.466 e. The number of esters is 1. The molecule has 0 fully saturated rings. The summed E-state index contributed by atoms with van der Waals surface area (Å²) in [6.45, 7) is 6.15. The van der Waals surface area contributed by atoms with Gasteiger partial charge in [0, 0.05) is 16.8 Å². The third-order valence-electron chi connectivity index (χ3n) is 3.82. The molecule has 1 rings (SSSR count). The van der Waals surface area contributed by atoms with Crippen molar-refractivity contribution in [3.8, 4) is 5.75 Å². The summed E-state index contributed by atoms with van der Waals surface area (Å²) >= 11 is 11.9. The zero-order valence-electron chi connectivity index (χ0n) is 16.6. The second kappa shape index (κ2) is 12.5. The van der Waals surface area contributed by atoms with Gasteiger partial charge < -0.3 is 14.8 Å². The van der Waals surface area contributed by atoms with Crippen LogP contribution in [-0.4, -0.2) is 24.5 Å². The van der Waals surface area contributed by atoms with Crippen LogP contribution in [0.25, 0.3) is 0 Å². The zero-order valence-corrected chi connectivity index (χ0v) is 18.1. The maximum atomic E-state index is 12.4. The maximum absolute atomic E-state index is 12.4. The van der Waals surface area contributed by atoms with Crippen LogP contribution in [0.15, 0.2) is 47.7 Å². The van der Waals surface area contributed by atoms with E-state index in [-0.39, 0.29) is 5.92 Å². The molecule has 1 aromatic carbocycles. The second-order valence-corrected chi connectivity index (χ2v) is 7.57. The van der Waals surface area contributed by atoms with Crippen molar-refractivity contribution >= 4 is 35.1 Å². The predicted molar refractivity (Wildman–Crippen MR) is 112 cm³/mol. The number of benzene rings is 1. The van der Waals surface area contributed by atoms with Crippen LogP contribution in [0.2, 0.25) is 5.02 Å². The van der Waals surface area contributed by atoms with Gasteiger partial charge in [0.1, 0.15) is 5.75 Å².